The third-order valence-corrected chi connectivity index (χ3v) is 3.28. The number of rotatable bonds is 1. The Labute approximate surface area is 108 Å². The third-order valence-electron chi connectivity index (χ3n) is 3.28. The Morgan fingerprint density at radius 2 is 1.94 bits per heavy atom. The SMILES string of the molecule is CC(C#N)C1(O)CCN(C(=O)OC(C)(C)C)CC1. The van der Waals surface area contributed by atoms with Gasteiger partial charge in [0.05, 0.1) is 17.6 Å². The molecule has 0 aromatic rings. The molecule has 1 atom stereocenters. The number of carbonyl (C=O) groups is 1. The first kappa shape index (κ1) is 14.8. The normalized spacial score (nSPS) is 21.0. The van der Waals surface area contributed by atoms with Gasteiger partial charge in [-0.2, -0.15) is 5.26 Å². The summed E-state index contributed by atoms with van der Waals surface area (Å²) in [6.07, 6.45) is 0.483. The van der Waals surface area contributed by atoms with E-state index in [0.29, 0.717) is 25.9 Å². The van der Waals surface area contributed by atoms with Gasteiger partial charge in [0.1, 0.15) is 5.60 Å². The van der Waals surface area contributed by atoms with Crippen LogP contribution in [0.3, 0.4) is 0 Å². The molecule has 5 nitrogen and oxygen atoms in total. The minimum Gasteiger partial charge on any atom is -0.444 e. The van der Waals surface area contributed by atoms with Crippen molar-refractivity contribution in [3.05, 3.63) is 0 Å². The number of hydrogen-bond acceptors (Lipinski definition) is 4. The van der Waals surface area contributed by atoms with Crippen LogP contribution in [0.2, 0.25) is 0 Å². The van der Waals surface area contributed by atoms with Crippen molar-refractivity contribution in [3.8, 4) is 6.07 Å². The van der Waals surface area contributed by atoms with Gasteiger partial charge in [-0.3, -0.25) is 0 Å². The number of aliphatic hydroxyl groups is 1. The van der Waals surface area contributed by atoms with Crippen LogP contribution in [-0.4, -0.2) is 40.4 Å². The number of nitriles is 1. The van der Waals surface area contributed by atoms with Gasteiger partial charge in [-0.1, -0.05) is 0 Å². The number of hydrogen-bond donors (Lipinski definition) is 1. The van der Waals surface area contributed by atoms with E-state index in [4.69, 9.17) is 10.00 Å². The molecule has 0 aromatic carbocycles. The first-order valence-electron chi connectivity index (χ1n) is 6.28. The van der Waals surface area contributed by atoms with Crippen LogP contribution < -0.4 is 0 Å². The first-order valence-corrected chi connectivity index (χ1v) is 6.28. The fourth-order valence-electron chi connectivity index (χ4n) is 1.96. The molecule has 0 aliphatic carbocycles. The molecule has 0 radical (unpaired) electrons. The number of likely N-dealkylation sites (tertiary alicyclic amines) is 1. The maximum atomic E-state index is 11.8. The number of amides is 1. The second kappa shape index (κ2) is 5.15. The van der Waals surface area contributed by atoms with Gasteiger partial charge in [-0.25, -0.2) is 4.79 Å². The molecule has 1 amide bonds. The van der Waals surface area contributed by atoms with Crippen molar-refractivity contribution >= 4 is 6.09 Å². The lowest BCUT2D eigenvalue weighted by molar-refractivity contribution is -0.0510. The quantitative estimate of drug-likeness (QED) is 0.775. The van der Waals surface area contributed by atoms with E-state index in [1.54, 1.807) is 11.8 Å². The lowest BCUT2D eigenvalue weighted by Crippen LogP contribution is -2.50. The van der Waals surface area contributed by atoms with Crippen LogP contribution in [0.4, 0.5) is 4.79 Å². The fourth-order valence-corrected chi connectivity index (χ4v) is 1.96. The van der Waals surface area contributed by atoms with Gasteiger partial charge in [0.15, 0.2) is 0 Å². The summed E-state index contributed by atoms with van der Waals surface area (Å²) in [5.74, 6) is -0.418. The largest absolute Gasteiger partial charge is 0.444 e. The molecule has 5 heteroatoms. The molecule has 0 saturated carbocycles. The lowest BCUT2D eigenvalue weighted by atomic mass is 9.81. The molecule has 1 unspecified atom stereocenters. The zero-order chi connectivity index (χ0) is 14.0. The van der Waals surface area contributed by atoms with Crippen molar-refractivity contribution < 1.29 is 14.6 Å². The molecule has 1 aliphatic rings. The molecule has 1 heterocycles. The van der Waals surface area contributed by atoms with Crippen molar-refractivity contribution in [2.45, 2.75) is 51.7 Å². The van der Waals surface area contributed by atoms with E-state index in [9.17, 15) is 9.90 Å². The van der Waals surface area contributed by atoms with Crippen LogP contribution in [0.5, 0.6) is 0 Å². The fraction of sp³-hybridized carbons (Fsp3) is 0.846. The summed E-state index contributed by atoms with van der Waals surface area (Å²) in [5.41, 5.74) is -1.49. The van der Waals surface area contributed by atoms with Crippen molar-refractivity contribution in [1.29, 1.82) is 5.26 Å². The van der Waals surface area contributed by atoms with E-state index in [-0.39, 0.29) is 6.09 Å². The lowest BCUT2D eigenvalue weighted by Gasteiger charge is -2.39. The predicted octanol–water partition coefficient (Wildman–Crippen LogP) is 1.91. The van der Waals surface area contributed by atoms with Gasteiger partial charge in [0, 0.05) is 13.1 Å². The maximum Gasteiger partial charge on any atom is 0.410 e. The van der Waals surface area contributed by atoms with Gasteiger partial charge in [-0.15, -0.1) is 0 Å². The number of ether oxygens (including phenoxy) is 1. The molecule has 0 aromatic heterocycles. The van der Waals surface area contributed by atoms with Crippen LogP contribution >= 0.6 is 0 Å². The van der Waals surface area contributed by atoms with Crippen LogP contribution in [0.25, 0.3) is 0 Å². The van der Waals surface area contributed by atoms with E-state index in [2.05, 4.69) is 6.07 Å². The summed E-state index contributed by atoms with van der Waals surface area (Å²) in [6, 6.07) is 2.07. The van der Waals surface area contributed by atoms with Crippen LogP contribution in [0, 0.1) is 17.2 Å². The Kier molecular flexibility index (Phi) is 4.23. The number of nitrogens with zero attached hydrogens (tertiary/aromatic N) is 2. The van der Waals surface area contributed by atoms with Gasteiger partial charge in [0.25, 0.3) is 0 Å². The van der Waals surface area contributed by atoms with Crippen LogP contribution in [0.15, 0.2) is 0 Å². The molecule has 1 fully saturated rings. The van der Waals surface area contributed by atoms with Crippen molar-refractivity contribution in [2.75, 3.05) is 13.1 Å². The Bertz CT molecular complexity index is 346. The average Bonchev–Trinajstić information content (AvgIpc) is 2.26. The summed E-state index contributed by atoms with van der Waals surface area (Å²) in [5, 5.41) is 19.1. The van der Waals surface area contributed by atoms with Gasteiger partial charge < -0.3 is 14.7 Å². The highest BCUT2D eigenvalue weighted by Gasteiger charge is 2.39. The smallest absolute Gasteiger partial charge is 0.410 e. The van der Waals surface area contributed by atoms with E-state index in [0.717, 1.165) is 0 Å². The summed E-state index contributed by atoms with van der Waals surface area (Å²) >= 11 is 0. The molecule has 0 bridgehead atoms. The molecular formula is C13H22N2O3. The molecule has 18 heavy (non-hydrogen) atoms. The number of carbonyl (C=O) groups excluding carboxylic acids is 1. The molecule has 0 spiro atoms. The number of piperidine rings is 1. The summed E-state index contributed by atoms with van der Waals surface area (Å²) in [7, 11) is 0. The Balaban J connectivity index is 2.55. The molecule has 1 aliphatic heterocycles. The van der Waals surface area contributed by atoms with E-state index >= 15 is 0 Å². The summed E-state index contributed by atoms with van der Waals surface area (Å²) in [4.78, 5) is 13.4. The monoisotopic (exact) mass is 254 g/mol. The van der Waals surface area contributed by atoms with E-state index in [1.165, 1.54) is 0 Å². The second-order valence-corrected chi connectivity index (χ2v) is 5.92. The first-order chi connectivity index (χ1) is 8.18. The Hall–Kier alpha value is -1.28. The van der Waals surface area contributed by atoms with E-state index < -0.39 is 17.1 Å². The highest BCUT2D eigenvalue weighted by molar-refractivity contribution is 5.68. The van der Waals surface area contributed by atoms with Crippen molar-refractivity contribution in [3.63, 3.8) is 0 Å². The zero-order valence-electron chi connectivity index (χ0n) is 11.6. The molecule has 1 N–H and O–H groups in total. The minimum absolute atomic E-state index is 0.353. The Morgan fingerprint density at radius 1 is 1.44 bits per heavy atom. The second-order valence-electron chi connectivity index (χ2n) is 5.92. The zero-order valence-corrected chi connectivity index (χ0v) is 11.6. The minimum atomic E-state index is -0.979. The molecule has 1 saturated heterocycles. The summed E-state index contributed by atoms with van der Waals surface area (Å²) < 4.78 is 5.27. The third kappa shape index (κ3) is 3.61. The molecule has 102 valence electrons. The van der Waals surface area contributed by atoms with Gasteiger partial charge in [0.2, 0.25) is 0 Å². The van der Waals surface area contributed by atoms with Crippen LogP contribution in [-0.2, 0) is 4.74 Å². The van der Waals surface area contributed by atoms with Crippen molar-refractivity contribution in [1.82, 2.24) is 4.90 Å². The van der Waals surface area contributed by atoms with Gasteiger partial charge >= 0.3 is 6.09 Å². The maximum absolute atomic E-state index is 11.8. The molecular weight excluding hydrogens is 232 g/mol. The highest BCUT2D eigenvalue weighted by atomic mass is 16.6. The summed E-state index contributed by atoms with van der Waals surface area (Å²) in [6.45, 7) is 8.03. The standard InChI is InChI=1S/C13H22N2O3/c1-10(9-14)13(17)5-7-15(8-6-13)11(16)18-12(2,3)4/h10,17H,5-8H2,1-4H3. The van der Waals surface area contributed by atoms with Gasteiger partial charge in [-0.05, 0) is 40.5 Å². The van der Waals surface area contributed by atoms with Crippen LogP contribution in [0.1, 0.15) is 40.5 Å². The Morgan fingerprint density at radius 3 is 2.33 bits per heavy atom. The average molecular weight is 254 g/mol. The topological polar surface area (TPSA) is 73.6 Å². The highest BCUT2D eigenvalue weighted by Crippen LogP contribution is 2.30. The molecule has 1 rings (SSSR count). The van der Waals surface area contributed by atoms with E-state index in [1.807, 2.05) is 20.8 Å². The predicted molar refractivity (Wildman–Crippen MR) is 66.8 cm³/mol. The van der Waals surface area contributed by atoms with Crippen molar-refractivity contribution in [2.24, 2.45) is 5.92 Å².